The molecule has 4 rings (SSSR count). The van der Waals surface area contributed by atoms with Crippen molar-refractivity contribution in [2.24, 2.45) is 0 Å². The fraction of sp³-hybridized carbons (Fsp3) is 0.161. The second-order valence-electron chi connectivity index (χ2n) is 9.39. The van der Waals surface area contributed by atoms with E-state index in [9.17, 15) is 23.9 Å². The molecule has 40 heavy (non-hydrogen) atoms. The minimum absolute atomic E-state index is 0.0927. The molecule has 0 aliphatic carbocycles. The van der Waals surface area contributed by atoms with E-state index in [2.05, 4.69) is 10.6 Å². The Labute approximate surface area is 232 Å². The lowest BCUT2D eigenvalue weighted by Gasteiger charge is -2.39. The van der Waals surface area contributed by atoms with Gasteiger partial charge in [-0.1, -0.05) is 115 Å². The van der Waals surface area contributed by atoms with Gasteiger partial charge in [0, 0.05) is 6.54 Å². The van der Waals surface area contributed by atoms with Gasteiger partial charge in [0.05, 0.1) is 12.5 Å². The predicted molar refractivity (Wildman–Crippen MR) is 153 cm³/mol. The van der Waals surface area contributed by atoms with Crippen LogP contribution in [-0.2, 0) is 25.9 Å². The van der Waals surface area contributed by atoms with Crippen molar-refractivity contribution in [2.45, 2.75) is 24.2 Å². The highest BCUT2D eigenvalue weighted by Gasteiger charge is 2.51. The molecule has 9 heteroatoms. The van der Waals surface area contributed by atoms with Crippen molar-refractivity contribution in [1.82, 2.24) is 10.6 Å². The number of aliphatic carboxylic acids is 1. The van der Waals surface area contributed by atoms with Crippen LogP contribution in [0.25, 0.3) is 11.1 Å². The van der Waals surface area contributed by atoms with E-state index in [1.807, 2.05) is 54.6 Å². The fourth-order valence-electron chi connectivity index (χ4n) is 4.69. The van der Waals surface area contributed by atoms with Gasteiger partial charge >= 0.3 is 13.6 Å². The topological polar surface area (TPSA) is 136 Å². The van der Waals surface area contributed by atoms with E-state index in [0.717, 1.165) is 16.7 Å². The second-order valence-corrected chi connectivity index (χ2v) is 11.1. The van der Waals surface area contributed by atoms with Gasteiger partial charge in [0.2, 0.25) is 5.91 Å². The molecule has 1 unspecified atom stereocenters. The average Bonchev–Trinajstić information content (AvgIpc) is 2.96. The molecule has 0 aliphatic heterocycles. The lowest BCUT2D eigenvalue weighted by molar-refractivity contribution is -0.137. The third kappa shape index (κ3) is 6.73. The summed E-state index contributed by atoms with van der Waals surface area (Å²) in [5, 5.41) is 12.7. The van der Waals surface area contributed by atoms with Crippen LogP contribution in [0.4, 0.5) is 0 Å². The molecule has 5 N–H and O–H groups in total. The lowest BCUT2D eigenvalue weighted by Crippen LogP contribution is -2.55. The standard InChI is InChI=1S/C31H31N2O6P/c34-29(35)20-21-32-30(36)28(22-23-16-18-25(19-17-23)24-10-4-1-5-11-24)33-31(40(37,38)39,26-12-6-2-7-13-26)27-14-8-3-9-15-27/h1-19,28,33H,20-22H2,(H,32,36)(H,34,35)(H2,37,38,39). The van der Waals surface area contributed by atoms with Crippen LogP contribution < -0.4 is 10.6 Å². The van der Waals surface area contributed by atoms with Crippen LogP contribution in [0.2, 0.25) is 0 Å². The summed E-state index contributed by atoms with van der Waals surface area (Å²) < 4.78 is 13.4. The SMILES string of the molecule is O=C(O)CCNC(=O)C(Cc1ccc(-c2ccccc2)cc1)NC(c1ccccc1)(c1ccccc1)P(=O)(O)O. The number of hydrogen-bond donors (Lipinski definition) is 5. The Hall–Kier alpha value is -4.07. The Balaban J connectivity index is 1.75. The van der Waals surface area contributed by atoms with Crippen molar-refractivity contribution in [1.29, 1.82) is 0 Å². The largest absolute Gasteiger partial charge is 0.481 e. The Kier molecular flexibility index (Phi) is 9.30. The Morgan fingerprint density at radius 3 is 1.68 bits per heavy atom. The monoisotopic (exact) mass is 558 g/mol. The molecule has 0 heterocycles. The zero-order chi connectivity index (χ0) is 28.6. The van der Waals surface area contributed by atoms with Crippen molar-refractivity contribution < 1.29 is 29.0 Å². The maximum Gasteiger partial charge on any atom is 0.354 e. The Bertz CT molecular complexity index is 1420. The van der Waals surface area contributed by atoms with Crippen LogP contribution in [0, 0.1) is 0 Å². The zero-order valence-corrected chi connectivity index (χ0v) is 22.6. The molecular weight excluding hydrogens is 527 g/mol. The molecule has 0 bridgehead atoms. The van der Waals surface area contributed by atoms with Crippen LogP contribution in [-0.4, -0.2) is 39.4 Å². The average molecular weight is 559 g/mol. The highest BCUT2D eigenvalue weighted by Crippen LogP contribution is 2.59. The molecule has 4 aromatic carbocycles. The number of amides is 1. The zero-order valence-electron chi connectivity index (χ0n) is 21.7. The first-order valence-corrected chi connectivity index (χ1v) is 14.4. The van der Waals surface area contributed by atoms with Crippen molar-refractivity contribution in [3.8, 4) is 11.1 Å². The van der Waals surface area contributed by atoms with Gasteiger partial charge in [-0.05, 0) is 34.2 Å². The lowest BCUT2D eigenvalue weighted by atomic mass is 9.94. The first kappa shape index (κ1) is 28.9. The summed E-state index contributed by atoms with van der Waals surface area (Å²) in [4.78, 5) is 46.3. The van der Waals surface area contributed by atoms with E-state index < -0.39 is 30.8 Å². The molecule has 1 atom stereocenters. The van der Waals surface area contributed by atoms with E-state index in [1.165, 1.54) is 0 Å². The molecule has 0 saturated carbocycles. The van der Waals surface area contributed by atoms with Gasteiger partial charge in [0.1, 0.15) is 0 Å². The van der Waals surface area contributed by atoms with Gasteiger partial charge in [-0.25, -0.2) is 0 Å². The van der Waals surface area contributed by atoms with E-state index >= 15 is 0 Å². The normalized spacial score (nSPS) is 12.4. The molecule has 0 spiro atoms. The first-order valence-electron chi connectivity index (χ1n) is 12.8. The summed E-state index contributed by atoms with van der Waals surface area (Å²) in [6.07, 6.45) is -0.194. The quantitative estimate of drug-likeness (QED) is 0.161. The van der Waals surface area contributed by atoms with E-state index in [4.69, 9.17) is 5.11 Å². The molecule has 0 saturated heterocycles. The number of hydrogen-bond acceptors (Lipinski definition) is 4. The highest BCUT2D eigenvalue weighted by molar-refractivity contribution is 7.53. The van der Waals surface area contributed by atoms with Crippen molar-refractivity contribution in [3.05, 3.63) is 132 Å². The first-order chi connectivity index (χ1) is 19.2. The van der Waals surface area contributed by atoms with Crippen molar-refractivity contribution >= 4 is 19.5 Å². The number of carbonyl (C=O) groups excluding carboxylic acids is 1. The van der Waals surface area contributed by atoms with Crippen molar-refractivity contribution in [2.75, 3.05) is 6.54 Å². The Morgan fingerprint density at radius 2 is 1.20 bits per heavy atom. The number of carbonyl (C=O) groups is 2. The fourth-order valence-corrected chi connectivity index (χ4v) is 5.98. The minimum Gasteiger partial charge on any atom is -0.481 e. The Morgan fingerprint density at radius 1 is 0.725 bits per heavy atom. The summed E-state index contributed by atoms with van der Waals surface area (Å²) in [6, 6.07) is 32.9. The summed E-state index contributed by atoms with van der Waals surface area (Å²) in [7, 11) is -5.02. The molecular formula is C31H31N2O6P. The van der Waals surface area contributed by atoms with E-state index in [-0.39, 0.29) is 30.5 Å². The van der Waals surface area contributed by atoms with Crippen LogP contribution in [0.15, 0.2) is 115 Å². The molecule has 0 aromatic heterocycles. The maximum atomic E-state index is 13.5. The van der Waals surface area contributed by atoms with Gasteiger partial charge in [-0.3, -0.25) is 19.5 Å². The van der Waals surface area contributed by atoms with Crippen LogP contribution >= 0.6 is 7.60 Å². The third-order valence-electron chi connectivity index (χ3n) is 6.66. The summed E-state index contributed by atoms with van der Waals surface area (Å²) >= 11 is 0. The van der Waals surface area contributed by atoms with Crippen LogP contribution in [0.5, 0.6) is 0 Å². The minimum atomic E-state index is -5.02. The van der Waals surface area contributed by atoms with Crippen LogP contribution in [0.3, 0.4) is 0 Å². The number of carboxylic acid groups (broad SMARTS) is 1. The van der Waals surface area contributed by atoms with E-state index in [0.29, 0.717) is 0 Å². The number of carboxylic acids is 1. The van der Waals surface area contributed by atoms with E-state index in [1.54, 1.807) is 60.7 Å². The second kappa shape index (κ2) is 12.9. The molecule has 1 amide bonds. The summed E-state index contributed by atoms with van der Waals surface area (Å²) in [5.41, 5.74) is 3.35. The number of rotatable bonds is 12. The molecule has 0 fully saturated rings. The number of benzene rings is 4. The van der Waals surface area contributed by atoms with Gasteiger partial charge < -0.3 is 20.2 Å². The molecule has 8 nitrogen and oxygen atoms in total. The predicted octanol–water partition coefficient (Wildman–Crippen LogP) is 4.52. The summed E-state index contributed by atoms with van der Waals surface area (Å²) in [6.45, 7) is -0.126. The molecule has 206 valence electrons. The van der Waals surface area contributed by atoms with Gasteiger partial charge in [0.25, 0.3) is 0 Å². The smallest absolute Gasteiger partial charge is 0.354 e. The van der Waals surface area contributed by atoms with Gasteiger partial charge in [0.15, 0.2) is 5.28 Å². The molecule has 0 aliphatic rings. The van der Waals surface area contributed by atoms with Crippen LogP contribution in [0.1, 0.15) is 23.1 Å². The van der Waals surface area contributed by atoms with Gasteiger partial charge in [-0.2, -0.15) is 0 Å². The third-order valence-corrected chi connectivity index (χ3v) is 8.18. The molecule has 4 aromatic rings. The molecule has 0 radical (unpaired) electrons. The summed E-state index contributed by atoms with van der Waals surface area (Å²) in [5.74, 6) is -1.64. The van der Waals surface area contributed by atoms with Gasteiger partial charge in [-0.15, -0.1) is 0 Å². The number of nitrogens with one attached hydrogen (secondary N) is 2. The maximum absolute atomic E-state index is 13.5. The van der Waals surface area contributed by atoms with Crippen molar-refractivity contribution in [3.63, 3.8) is 0 Å². The highest BCUT2D eigenvalue weighted by atomic mass is 31.2.